The van der Waals surface area contributed by atoms with Crippen molar-refractivity contribution < 1.29 is 14.3 Å². The third-order valence-electron chi connectivity index (χ3n) is 3.38. The molecule has 6 heteroatoms. The van der Waals surface area contributed by atoms with Gasteiger partial charge in [0.15, 0.2) is 0 Å². The zero-order valence-electron chi connectivity index (χ0n) is 13.6. The van der Waals surface area contributed by atoms with Crippen LogP contribution >= 0.6 is 0 Å². The van der Waals surface area contributed by atoms with Crippen molar-refractivity contribution in [2.45, 2.75) is 26.5 Å². The molecule has 1 aromatic heterocycles. The monoisotopic (exact) mass is 325 g/mol. The number of hydrogen-bond acceptors (Lipinski definition) is 6. The first-order valence-electron chi connectivity index (χ1n) is 7.56. The maximum absolute atomic E-state index is 11.8. The number of ether oxygens (including phenoxy) is 2. The topological polar surface area (TPSA) is 98.2 Å². The van der Waals surface area contributed by atoms with Crippen molar-refractivity contribution in [2.75, 3.05) is 0 Å². The number of benzene rings is 1. The van der Waals surface area contributed by atoms with Crippen LogP contribution in [0.3, 0.4) is 0 Å². The average molecular weight is 325 g/mol. The maximum atomic E-state index is 11.8. The molecule has 0 saturated carbocycles. The van der Waals surface area contributed by atoms with E-state index in [2.05, 4.69) is 4.98 Å². The molecule has 2 N–H and O–H groups in total. The minimum absolute atomic E-state index is 0.0337. The van der Waals surface area contributed by atoms with Gasteiger partial charge in [-0.2, -0.15) is 5.26 Å². The van der Waals surface area contributed by atoms with Gasteiger partial charge in [-0.3, -0.25) is 4.79 Å². The quantitative estimate of drug-likeness (QED) is 0.820. The molecule has 2 rings (SSSR count). The number of para-hydroxylation sites is 1. The van der Waals surface area contributed by atoms with E-state index >= 15 is 0 Å². The van der Waals surface area contributed by atoms with E-state index in [1.807, 2.05) is 38.1 Å². The van der Waals surface area contributed by atoms with Gasteiger partial charge in [0.05, 0.1) is 11.3 Å². The van der Waals surface area contributed by atoms with Crippen LogP contribution in [0, 0.1) is 17.2 Å². The Balaban J connectivity index is 2.12. The molecule has 0 aliphatic carbocycles. The third-order valence-corrected chi connectivity index (χ3v) is 3.38. The van der Waals surface area contributed by atoms with Crippen molar-refractivity contribution in [3.8, 4) is 17.7 Å². The molecule has 0 aliphatic heterocycles. The summed E-state index contributed by atoms with van der Waals surface area (Å²) in [5, 5.41) is 9.17. The van der Waals surface area contributed by atoms with E-state index in [0.717, 1.165) is 0 Å². The molecule has 2 aromatic rings. The zero-order valence-corrected chi connectivity index (χ0v) is 13.6. The number of nitrogens with two attached hydrogens (primary N) is 1. The van der Waals surface area contributed by atoms with E-state index in [0.29, 0.717) is 22.9 Å². The van der Waals surface area contributed by atoms with E-state index in [1.54, 1.807) is 24.3 Å². The van der Waals surface area contributed by atoms with Gasteiger partial charge >= 0.3 is 5.97 Å². The average Bonchev–Trinajstić information content (AvgIpc) is 2.60. The molecular formula is C18H19N3O3. The van der Waals surface area contributed by atoms with Crippen LogP contribution in [0.5, 0.6) is 11.6 Å². The summed E-state index contributed by atoms with van der Waals surface area (Å²) in [4.78, 5) is 16.1. The fourth-order valence-electron chi connectivity index (χ4n) is 1.87. The van der Waals surface area contributed by atoms with Crippen molar-refractivity contribution in [1.82, 2.24) is 4.98 Å². The van der Waals surface area contributed by atoms with Crippen LogP contribution in [0.4, 0.5) is 0 Å². The second-order valence-electron chi connectivity index (χ2n) is 5.55. The minimum atomic E-state index is -0.709. The van der Waals surface area contributed by atoms with E-state index in [4.69, 9.17) is 20.5 Å². The van der Waals surface area contributed by atoms with Crippen molar-refractivity contribution >= 4 is 5.97 Å². The number of hydrogen-bond donors (Lipinski definition) is 1. The summed E-state index contributed by atoms with van der Waals surface area (Å²) in [7, 11) is 0. The van der Waals surface area contributed by atoms with E-state index in [-0.39, 0.29) is 12.5 Å². The Morgan fingerprint density at radius 2 is 1.96 bits per heavy atom. The van der Waals surface area contributed by atoms with Crippen LogP contribution in [0.1, 0.15) is 25.1 Å². The predicted octanol–water partition coefficient (Wildman–Crippen LogP) is 2.77. The molecule has 0 amide bonds. The molecule has 0 fully saturated rings. The summed E-state index contributed by atoms with van der Waals surface area (Å²) in [5.74, 6) is 0.387. The lowest BCUT2D eigenvalue weighted by Crippen LogP contribution is -2.36. The lowest BCUT2D eigenvalue weighted by Gasteiger charge is -2.14. The van der Waals surface area contributed by atoms with Crippen molar-refractivity contribution in [3.05, 3.63) is 53.7 Å². The number of nitrogens with zero attached hydrogens (tertiary/aromatic N) is 2. The number of pyridine rings is 1. The molecule has 0 saturated heterocycles. The Kier molecular flexibility index (Phi) is 5.88. The van der Waals surface area contributed by atoms with Crippen LogP contribution < -0.4 is 10.5 Å². The standard InChI is InChI=1S/C18H19N3O3/c1-12(2)17(20)18(22)23-11-15-13(10-19)8-9-16(21-15)24-14-6-4-3-5-7-14/h3-9,12,17H,11,20H2,1-2H3. The number of carbonyl (C=O) groups is 1. The second-order valence-corrected chi connectivity index (χ2v) is 5.55. The predicted molar refractivity (Wildman–Crippen MR) is 88.1 cm³/mol. The summed E-state index contributed by atoms with van der Waals surface area (Å²) in [6, 6.07) is 13.6. The molecule has 1 aromatic carbocycles. The van der Waals surface area contributed by atoms with Crippen molar-refractivity contribution in [3.63, 3.8) is 0 Å². The summed E-state index contributed by atoms with van der Waals surface area (Å²) in [6.45, 7) is 3.53. The Hall–Kier alpha value is -2.91. The molecule has 0 radical (unpaired) electrons. The first-order valence-corrected chi connectivity index (χ1v) is 7.56. The molecule has 1 heterocycles. The number of nitriles is 1. The molecule has 24 heavy (non-hydrogen) atoms. The Labute approximate surface area is 140 Å². The molecule has 1 unspecified atom stereocenters. The Morgan fingerprint density at radius 3 is 2.58 bits per heavy atom. The SMILES string of the molecule is CC(C)C(N)C(=O)OCc1nc(Oc2ccccc2)ccc1C#N. The summed E-state index contributed by atoms with van der Waals surface area (Å²) in [5.41, 5.74) is 6.39. The minimum Gasteiger partial charge on any atom is -0.458 e. The smallest absolute Gasteiger partial charge is 0.323 e. The zero-order chi connectivity index (χ0) is 17.5. The molecular weight excluding hydrogens is 306 g/mol. The highest BCUT2D eigenvalue weighted by Gasteiger charge is 2.19. The maximum Gasteiger partial charge on any atom is 0.323 e. The largest absolute Gasteiger partial charge is 0.458 e. The van der Waals surface area contributed by atoms with Gasteiger partial charge < -0.3 is 15.2 Å². The normalized spacial score (nSPS) is 11.6. The van der Waals surface area contributed by atoms with Gasteiger partial charge in [0.25, 0.3) is 0 Å². The number of rotatable bonds is 6. The van der Waals surface area contributed by atoms with Crippen LogP contribution in [0.15, 0.2) is 42.5 Å². The number of carbonyl (C=O) groups excluding carboxylic acids is 1. The summed E-state index contributed by atoms with van der Waals surface area (Å²) < 4.78 is 10.8. The van der Waals surface area contributed by atoms with Gasteiger partial charge in [0.2, 0.25) is 5.88 Å². The second kappa shape index (κ2) is 8.09. The highest BCUT2D eigenvalue weighted by Crippen LogP contribution is 2.21. The Morgan fingerprint density at radius 1 is 1.25 bits per heavy atom. The molecule has 6 nitrogen and oxygen atoms in total. The fourth-order valence-corrected chi connectivity index (χ4v) is 1.87. The van der Waals surface area contributed by atoms with Crippen molar-refractivity contribution in [1.29, 1.82) is 5.26 Å². The van der Waals surface area contributed by atoms with Gasteiger partial charge in [-0.25, -0.2) is 4.98 Å². The van der Waals surface area contributed by atoms with Crippen LogP contribution in [-0.2, 0) is 16.1 Å². The Bertz CT molecular complexity index is 739. The summed E-state index contributed by atoms with van der Waals surface area (Å²) >= 11 is 0. The molecule has 0 aliphatic rings. The highest BCUT2D eigenvalue weighted by atomic mass is 16.5. The number of aromatic nitrogens is 1. The van der Waals surface area contributed by atoms with Gasteiger partial charge in [-0.15, -0.1) is 0 Å². The first kappa shape index (κ1) is 17.4. The van der Waals surface area contributed by atoms with E-state index < -0.39 is 12.0 Å². The van der Waals surface area contributed by atoms with E-state index in [1.165, 1.54) is 0 Å². The lowest BCUT2D eigenvalue weighted by atomic mass is 10.1. The number of esters is 1. The van der Waals surface area contributed by atoms with Gasteiger partial charge in [-0.05, 0) is 24.1 Å². The van der Waals surface area contributed by atoms with Crippen LogP contribution in [-0.4, -0.2) is 17.0 Å². The molecule has 124 valence electrons. The lowest BCUT2D eigenvalue weighted by molar-refractivity contribution is -0.147. The fraction of sp³-hybridized carbons (Fsp3) is 0.278. The highest BCUT2D eigenvalue weighted by molar-refractivity contribution is 5.75. The molecule has 1 atom stereocenters. The van der Waals surface area contributed by atoms with Crippen LogP contribution in [0.2, 0.25) is 0 Å². The van der Waals surface area contributed by atoms with Crippen LogP contribution in [0.25, 0.3) is 0 Å². The van der Waals surface area contributed by atoms with Gasteiger partial charge in [0, 0.05) is 6.07 Å². The third kappa shape index (κ3) is 4.54. The molecule has 0 spiro atoms. The van der Waals surface area contributed by atoms with Crippen molar-refractivity contribution in [2.24, 2.45) is 11.7 Å². The van der Waals surface area contributed by atoms with Gasteiger partial charge in [-0.1, -0.05) is 32.0 Å². The van der Waals surface area contributed by atoms with Gasteiger partial charge in [0.1, 0.15) is 24.5 Å². The first-order chi connectivity index (χ1) is 11.5. The summed E-state index contributed by atoms with van der Waals surface area (Å²) in [6.07, 6.45) is 0. The van der Waals surface area contributed by atoms with E-state index in [9.17, 15) is 4.79 Å². The molecule has 0 bridgehead atoms.